The maximum Gasteiger partial charge on any atom is 0.436 e. The maximum atomic E-state index is 13.9. The number of rotatable bonds is 6. The van der Waals surface area contributed by atoms with Crippen LogP contribution in [0.2, 0.25) is 0 Å². The fourth-order valence-corrected chi connectivity index (χ4v) is 4.35. The molecule has 0 amide bonds. The molecule has 0 radical (unpaired) electrons. The Morgan fingerprint density at radius 3 is 2.18 bits per heavy atom. The summed E-state index contributed by atoms with van der Waals surface area (Å²) in [6, 6.07) is 8.98. The monoisotopic (exact) mass is 628 g/mol. The van der Waals surface area contributed by atoms with Crippen molar-refractivity contribution in [2.24, 2.45) is 5.10 Å². The number of ether oxygens (including phenoxy) is 2. The predicted octanol–water partition coefficient (Wildman–Crippen LogP) is 1.80. The average Bonchev–Trinajstić information content (AvgIpc) is 3.39. The third-order valence-corrected chi connectivity index (χ3v) is 6.64. The van der Waals surface area contributed by atoms with Crippen molar-refractivity contribution in [3.05, 3.63) is 77.2 Å². The van der Waals surface area contributed by atoms with Crippen molar-refractivity contribution in [1.82, 2.24) is 19.4 Å². The van der Waals surface area contributed by atoms with Crippen LogP contribution in [0.1, 0.15) is 16.8 Å². The summed E-state index contributed by atoms with van der Waals surface area (Å²) in [4.78, 5) is 3.94. The van der Waals surface area contributed by atoms with Gasteiger partial charge in [0.2, 0.25) is 6.29 Å². The SMILES string of the molecule is N=c1c2c(C(F)(F)F)nn(-c3ccc(C(F)(F)F)cc3)c2ncn1N=Cc1ccc(OC2OC(CO)C(O)C(O)C2O)cc1. The summed E-state index contributed by atoms with van der Waals surface area (Å²) in [5, 5.41) is 54.3. The van der Waals surface area contributed by atoms with Crippen LogP contribution in [0.25, 0.3) is 16.7 Å². The van der Waals surface area contributed by atoms with E-state index >= 15 is 0 Å². The number of aliphatic hydroxyl groups is 4. The van der Waals surface area contributed by atoms with Crippen molar-refractivity contribution < 1.29 is 56.2 Å². The zero-order valence-corrected chi connectivity index (χ0v) is 22.0. The minimum Gasteiger partial charge on any atom is -0.462 e. The van der Waals surface area contributed by atoms with E-state index in [2.05, 4.69) is 15.2 Å². The highest BCUT2D eigenvalue weighted by Crippen LogP contribution is 2.34. The Morgan fingerprint density at radius 1 is 0.932 bits per heavy atom. The van der Waals surface area contributed by atoms with Crippen molar-refractivity contribution in [2.45, 2.75) is 43.1 Å². The van der Waals surface area contributed by atoms with Gasteiger partial charge in [-0.1, -0.05) is 0 Å². The molecule has 0 spiro atoms. The van der Waals surface area contributed by atoms with Gasteiger partial charge in [0.25, 0.3) is 0 Å². The van der Waals surface area contributed by atoms with Crippen molar-refractivity contribution in [3.63, 3.8) is 0 Å². The molecule has 0 saturated carbocycles. The van der Waals surface area contributed by atoms with Gasteiger partial charge < -0.3 is 29.9 Å². The summed E-state index contributed by atoms with van der Waals surface area (Å²) >= 11 is 0. The average molecular weight is 628 g/mol. The highest BCUT2D eigenvalue weighted by Gasteiger charge is 2.44. The van der Waals surface area contributed by atoms with Gasteiger partial charge in [-0.05, 0) is 54.1 Å². The van der Waals surface area contributed by atoms with Crippen LogP contribution < -0.4 is 10.2 Å². The lowest BCUT2D eigenvalue weighted by atomic mass is 9.99. The first kappa shape index (κ1) is 31.1. The quantitative estimate of drug-likeness (QED) is 0.159. The molecule has 1 aliphatic heterocycles. The van der Waals surface area contributed by atoms with E-state index in [4.69, 9.17) is 14.9 Å². The fraction of sp³-hybridized carbons (Fsp3) is 0.308. The Balaban J connectivity index is 1.40. The van der Waals surface area contributed by atoms with E-state index in [0.717, 1.165) is 23.1 Å². The van der Waals surface area contributed by atoms with Crippen molar-refractivity contribution in [3.8, 4) is 11.4 Å². The second-order valence-electron chi connectivity index (χ2n) is 9.57. The first-order valence-electron chi connectivity index (χ1n) is 12.6. The molecule has 1 aliphatic rings. The lowest BCUT2D eigenvalue weighted by molar-refractivity contribution is -0.277. The minimum absolute atomic E-state index is 0.141. The molecule has 2 aromatic heterocycles. The second-order valence-corrected chi connectivity index (χ2v) is 9.57. The number of halogens is 6. The van der Waals surface area contributed by atoms with Crippen molar-refractivity contribution in [1.29, 1.82) is 5.41 Å². The topological polar surface area (TPSA) is 171 Å². The summed E-state index contributed by atoms with van der Waals surface area (Å²) in [6.45, 7) is -0.642. The Bertz CT molecular complexity index is 1720. The van der Waals surface area contributed by atoms with Crippen LogP contribution in [-0.2, 0) is 17.1 Å². The van der Waals surface area contributed by atoms with E-state index in [1.54, 1.807) is 0 Å². The highest BCUT2D eigenvalue weighted by atomic mass is 19.4. The summed E-state index contributed by atoms with van der Waals surface area (Å²) in [6.07, 6.45) is -15.0. The van der Waals surface area contributed by atoms with Crippen molar-refractivity contribution in [2.75, 3.05) is 6.61 Å². The molecule has 18 heteroatoms. The van der Waals surface area contributed by atoms with Crippen LogP contribution in [0, 0.1) is 5.41 Å². The van der Waals surface area contributed by atoms with E-state index in [-0.39, 0.29) is 11.4 Å². The van der Waals surface area contributed by atoms with Crippen LogP contribution in [0.3, 0.4) is 0 Å². The minimum atomic E-state index is -5.04. The number of hydrogen-bond donors (Lipinski definition) is 5. The third kappa shape index (κ3) is 6.02. The third-order valence-electron chi connectivity index (χ3n) is 6.64. The predicted molar refractivity (Wildman–Crippen MR) is 137 cm³/mol. The summed E-state index contributed by atoms with van der Waals surface area (Å²) in [7, 11) is 0. The molecule has 0 bridgehead atoms. The molecule has 234 valence electrons. The molecule has 44 heavy (non-hydrogen) atoms. The number of nitrogens with one attached hydrogen (secondary N) is 1. The van der Waals surface area contributed by atoms with Gasteiger partial charge in [-0.15, -0.1) is 0 Å². The van der Waals surface area contributed by atoms with Gasteiger partial charge in [-0.3, -0.25) is 5.41 Å². The number of hydrogen-bond acceptors (Lipinski definition) is 10. The van der Waals surface area contributed by atoms with Gasteiger partial charge in [0, 0.05) is 0 Å². The Kier molecular flexibility index (Phi) is 8.21. The van der Waals surface area contributed by atoms with Crippen LogP contribution in [0.4, 0.5) is 26.3 Å². The molecule has 4 aromatic rings. The zero-order chi connectivity index (χ0) is 32.0. The van der Waals surface area contributed by atoms with Gasteiger partial charge in [0.15, 0.2) is 16.8 Å². The van der Waals surface area contributed by atoms with Crippen LogP contribution in [-0.4, -0.2) is 83.4 Å². The van der Waals surface area contributed by atoms with Gasteiger partial charge in [0.1, 0.15) is 36.5 Å². The molecule has 1 fully saturated rings. The molecule has 12 nitrogen and oxygen atoms in total. The van der Waals surface area contributed by atoms with E-state index in [0.29, 0.717) is 22.4 Å². The van der Waals surface area contributed by atoms with Crippen LogP contribution in [0.5, 0.6) is 5.75 Å². The van der Waals surface area contributed by atoms with E-state index in [1.165, 1.54) is 30.5 Å². The molecular weight excluding hydrogens is 606 g/mol. The largest absolute Gasteiger partial charge is 0.462 e. The van der Waals surface area contributed by atoms with E-state index < -0.39 is 77.4 Å². The van der Waals surface area contributed by atoms with Gasteiger partial charge in [0.05, 0.1) is 29.5 Å². The van der Waals surface area contributed by atoms with Crippen LogP contribution in [0.15, 0.2) is 60.0 Å². The van der Waals surface area contributed by atoms with Crippen molar-refractivity contribution >= 4 is 17.2 Å². The smallest absolute Gasteiger partial charge is 0.436 e. The lowest BCUT2D eigenvalue weighted by Crippen LogP contribution is -2.60. The molecule has 3 heterocycles. The molecule has 5 N–H and O–H groups in total. The Hall–Kier alpha value is -4.36. The van der Waals surface area contributed by atoms with Gasteiger partial charge in [-0.25, -0.2) is 14.3 Å². The highest BCUT2D eigenvalue weighted by molar-refractivity contribution is 5.81. The first-order chi connectivity index (χ1) is 20.7. The molecule has 5 atom stereocenters. The summed E-state index contributed by atoms with van der Waals surface area (Å²) in [5.74, 6) is 0.147. The van der Waals surface area contributed by atoms with E-state index in [1.807, 2.05) is 0 Å². The maximum absolute atomic E-state index is 13.9. The number of aliphatic hydroxyl groups excluding tert-OH is 4. The van der Waals surface area contributed by atoms with Gasteiger partial charge in [-0.2, -0.15) is 36.5 Å². The normalized spacial score (nSPS) is 23.0. The second kappa shape index (κ2) is 11.6. The molecule has 5 unspecified atom stereocenters. The molecule has 0 aliphatic carbocycles. The number of alkyl halides is 6. The van der Waals surface area contributed by atoms with Crippen LogP contribution >= 0.6 is 0 Å². The lowest BCUT2D eigenvalue weighted by Gasteiger charge is -2.39. The molecule has 5 rings (SSSR count). The molecule has 1 saturated heterocycles. The molecule has 2 aromatic carbocycles. The Morgan fingerprint density at radius 2 is 1.59 bits per heavy atom. The Labute approximate surface area is 242 Å². The summed E-state index contributed by atoms with van der Waals surface area (Å²) < 4.78 is 92.7. The number of benzene rings is 2. The molecular formula is C26H22F6N6O6. The number of fused-ring (bicyclic) bond motifs is 1. The number of nitrogens with zero attached hydrogens (tertiary/aromatic N) is 5. The summed E-state index contributed by atoms with van der Waals surface area (Å²) in [5.41, 5.74) is -3.43. The zero-order valence-electron chi connectivity index (χ0n) is 22.0. The first-order valence-corrected chi connectivity index (χ1v) is 12.6. The standard InChI is InChI=1S/C26H22F6N6O6/c27-25(28,29)13-3-5-14(6-4-13)38-23-17(21(36-38)26(30,31)32)22(33)37(11-34-23)35-9-12-1-7-15(8-2-12)43-24-20(42)19(41)18(40)16(10-39)44-24/h1-9,11,16,18-20,24,33,39-42H,10H2. The fourth-order valence-electron chi connectivity index (χ4n) is 4.35. The van der Waals surface area contributed by atoms with Gasteiger partial charge >= 0.3 is 12.4 Å². The number of aromatic nitrogens is 4. The van der Waals surface area contributed by atoms with E-state index in [9.17, 15) is 46.8 Å².